The molecule has 0 aromatic heterocycles. The minimum atomic E-state index is 0. The second kappa shape index (κ2) is 7.78. The quantitative estimate of drug-likeness (QED) is 0.412. The largest absolute Gasteiger partial charge is 2.00 e. The van der Waals surface area contributed by atoms with E-state index in [2.05, 4.69) is 45.0 Å². The number of hydrogen-bond donors (Lipinski definition) is 0. The summed E-state index contributed by atoms with van der Waals surface area (Å²) in [4.78, 5) is 1.37. The molecule has 0 N–H and O–H groups in total. The van der Waals surface area contributed by atoms with Gasteiger partial charge in [-0.05, 0) is 0 Å². The van der Waals surface area contributed by atoms with Crippen molar-refractivity contribution in [1.82, 2.24) is 0 Å². The minimum Gasteiger partial charge on any atom is -0.214 e. The first kappa shape index (κ1) is 15.6. The van der Waals surface area contributed by atoms with E-state index in [9.17, 15) is 0 Å². The van der Waals surface area contributed by atoms with E-state index in [1.807, 2.05) is 42.1 Å². The Bertz CT molecular complexity index is 310. The molecule has 0 aliphatic rings. The van der Waals surface area contributed by atoms with Crippen LogP contribution >= 0.6 is 11.8 Å². The number of thioether (sulfide) groups is 1. The summed E-state index contributed by atoms with van der Waals surface area (Å²) >= 11 is 1.91. The summed E-state index contributed by atoms with van der Waals surface area (Å²) in [6.07, 6.45) is 0. The first-order valence-electron chi connectivity index (χ1n) is 5.15. The van der Waals surface area contributed by atoms with Crippen molar-refractivity contribution in [3.8, 4) is 0 Å². The van der Waals surface area contributed by atoms with Crippen molar-refractivity contribution >= 4 is 11.8 Å². The molecule has 0 unspecified atom stereocenters. The molecule has 0 atom stereocenters. The zero-order valence-corrected chi connectivity index (χ0v) is 11.9. The second-order valence-electron chi connectivity index (χ2n) is 4.30. The van der Waals surface area contributed by atoms with E-state index in [1.54, 1.807) is 0 Å². The summed E-state index contributed by atoms with van der Waals surface area (Å²) in [5.74, 6) is 0. The fourth-order valence-corrected chi connectivity index (χ4v) is 2.10. The van der Waals surface area contributed by atoms with Crippen LogP contribution in [0, 0.1) is 0 Å². The molecule has 0 aliphatic carbocycles. The number of rotatable bonds is 1. The first-order valence-corrected chi connectivity index (χ1v) is 5.97. The monoisotopic (exact) mass is 274 g/mol. The Morgan fingerprint density at radius 3 is 1.94 bits per heavy atom. The molecule has 0 nitrogen and oxygen atoms in total. The van der Waals surface area contributed by atoms with Gasteiger partial charge in [0.25, 0.3) is 0 Å². The molecule has 0 saturated carbocycles. The maximum absolute atomic E-state index is 2.23. The Labute approximate surface area is 114 Å². The predicted octanol–water partition coefficient (Wildman–Crippen LogP) is 4.70. The van der Waals surface area contributed by atoms with Crippen molar-refractivity contribution in [2.45, 2.75) is 30.4 Å². The van der Waals surface area contributed by atoms with Gasteiger partial charge < -0.3 is 0 Å². The summed E-state index contributed by atoms with van der Waals surface area (Å²) in [5, 5.41) is 0. The minimum absolute atomic E-state index is 0. The van der Waals surface area contributed by atoms with Crippen LogP contribution in [-0.2, 0) is 17.1 Å². The molecule has 2 heteroatoms. The van der Waals surface area contributed by atoms with Crippen LogP contribution in [0.15, 0.2) is 59.5 Å². The van der Waals surface area contributed by atoms with Crippen LogP contribution in [0.25, 0.3) is 0 Å². The fourth-order valence-electron chi connectivity index (χ4n) is 1.10. The first-order chi connectivity index (χ1) is 7.08. The van der Waals surface area contributed by atoms with Gasteiger partial charge in [-0.15, -0.1) is 16.7 Å². The maximum Gasteiger partial charge on any atom is 2.00 e. The van der Waals surface area contributed by atoms with Crippen LogP contribution in [0.4, 0.5) is 0 Å². The van der Waals surface area contributed by atoms with Crippen LogP contribution in [0.5, 0.6) is 0 Å². The Hall–Kier alpha value is -0.431. The SMILES string of the molecule is CC(C)(C)Sc1ccc[cH-]1.[Fe+2].c1cc[cH-]c1. The van der Waals surface area contributed by atoms with Gasteiger partial charge in [0.1, 0.15) is 0 Å². The molecular weight excluding hydrogens is 256 g/mol. The average Bonchev–Trinajstić information content (AvgIpc) is 2.71. The molecule has 16 heavy (non-hydrogen) atoms. The molecule has 88 valence electrons. The molecule has 0 radical (unpaired) electrons. The van der Waals surface area contributed by atoms with Gasteiger partial charge in [-0.2, -0.15) is 30.3 Å². The maximum atomic E-state index is 2.23. The Morgan fingerprint density at radius 1 is 1.00 bits per heavy atom. The summed E-state index contributed by atoms with van der Waals surface area (Å²) in [5.41, 5.74) is 0. The van der Waals surface area contributed by atoms with E-state index in [4.69, 9.17) is 0 Å². The van der Waals surface area contributed by atoms with Crippen LogP contribution in [0.2, 0.25) is 0 Å². The van der Waals surface area contributed by atoms with E-state index < -0.39 is 0 Å². The molecule has 2 aromatic rings. The van der Waals surface area contributed by atoms with Crippen LogP contribution in [-0.4, -0.2) is 4.75 Å². The molecule has 0 spiro atoms. The third kappa shape index (κ3) is 7.81. The van der Waals surface area contributed by atoms with Crippen LogP contribution < -0.4 is 0 Å². The van der Waals surface area contributed by atoms with E-state index in [0.717, 1.165) is 0 Å². The normalized spacial score (nSPS) is 9.94. The van der Waals surface area contributed by atoms with Gasteiger partial charge in [0, 0.05) is 4.75 Å². The average molecular weight is 274 g/mol. The van der Waals surface area contributed by atoms with Gasteiger partial charge in [-0.25, -0.2) is 24.3 Å². The molecule has 0 aliphatic heterocycles. The standard InChI is InChI=1S/C9H13S.C5H5.Fe/c1-9(2,3)10-8-6-4-5-7-8;1-2-4-5-3-1;/h4-7H,1-3H3;1-5H;/q2*-1;+2. The smallest absolute Gasteiger partial charge is 0.214 e. The van der Waals surface area contributed by atoms with Gasteiger partial charge in [0.15, 0.2) is 0 Å². The van der Waals surface area contributed by atoms with Gasteiger partial charge in [0.2, 0.25) is 0 Å². The van der Waals surface area contributed by atoms with Gasteiger partial charge in [-0.1, -0.05) is 20.8 Å². The topological polar surface area (TPSA) is 0 Å². The van der Waals surface area contributed by atoms with Crippen molar-refractivity contribution in [3.05, 3.63) is 54.6 Å². The third-order valence-corrected chi connectivity index (χ3v) is 2.73. The summed E-state index contributed by atoms with van der Waals surface area (Å²) in [6, 6.07) is 18.5. The van der Waals surface area contributed by atoms with Crippen molar-refractivity contribution in [2.75, 3.05) is 0 Å². The molecule has 2 rings (SSSR count). The van der Waals surface area contributed by atoms with E-state index in [0.29, 0.717) is 4.75 Å². The summed E-state index contributed by atoms with van der Waals surface area (Å²) in [6.45, 7) is 6.68. The van der Waals surface area contributed by atoms with Crippen molar-refractivity contribution in [2.24, 2.45) is 0 Å². The van der Waals surface area contributed by atoms with Gasteiger partial charge in [-0.3, -0.25) is 0 Å². The van der Waals surface area contributed by atoms with E-state index >= 15 is 0 Å². The molecular formula is C14H18FeS. The molecule has 0 bridgehead atoms. The third-order valence-electron chi connectivity index (χ3n) is 1.61. The zero-order valence-electron chi connectivity index (χ0n) is 9.96. The molecule has 0 amide bonds. The molecule has 2 aromatic carbocycles. The predicted molar refractivity (Wildman–Crippen MR) is 69.7 cm³/mol. The molecule has 0 saturated heterocycles. The van der Waals surface area contributed by atoms with Crippen molar-refractivity contribution in [1.29, 1.82) is 0 Å². The van der Waals surface area contributed by atoms with Crippen molar-refractivity contribution < 1.29 is 17.1 Å². The zero-order chi connectivity index (χ0) is 11.1. The number of hydrogen-bond acceptors (Lipinski definition) is 1. The van der Waals surface area contributed by atoms with E-state index in [-0.39, 0.29) is 17.1 Å². The second-order valence-corrected chi connectivity index (χ2v) is 6.20. The van der Waals surface area contributed by atoms with Crippen LogP contribution in [0.3, 0.4) is 0 Å². The van der Waals surface area contributed by atoms with Crippen molar-refractivity contribution in [3.63, 3.8) is 0 Å². The Balaban J connectivity index is 0.000000318. The summed E-state index contributed by atoms with van der Waals surface area (Å²) < 4.78 is 0.342. The van der Waals surface area contributed by atoms with Gasteiger partial charge >= 0.3 is 17.1 Å². The van der Waals surface area contributed by atoms with Gasteiger partial charge in [0.05, 0.1) is 0 Å². The summed E-state index contributed by atoms with van der Waals surface area (Å²) in [7, 11) is 0. The fraction of sp³-hybridized carbons (Fsp3) is 0.286. The molecule has 0 heterocycles. The Morgan fingerprint density at radius 2 is 1.62 bits per heavy atom. The van der Waals surface area contributed by atoms with E-state index in [1.165, 1.54) is 4.90 Å². The molecule has 0 fully saturated rings. The van der Waals surface area contributed by atoms with Crippen LogP contribution in [0.1, 0.15) is 20.8 Å². The Kier molecular flexibility index (Phi) is 7.57.